The molecule has 0 spiro atoms. The molecule has 0 amide bonds. The fourth-order valence-electron chi connectivity index (χ4n) is 3.51. The SMILES string of the molecule is CCOC1(CCC(S(=O)(=O)c2ccccc2)S(=O)(=O)c2ccccc2)C=CC(=O)C=C1. The number of carbonyl (C=O) groups excluding carboxylic acids is 1. The van der Waals surface area contributed by atoms with Crippen LogP contribution in [0.3, 0.4) is 0 Å². The lowest BCUT2D eigenvalue weighted by Gasteiger charge is -2.30. The Morgan fingerprint density at radius 1 is 0.806 bits per heavy atom. The van der Waals surface area contributed by atoms with Crippen LogP contribution in [0.5, 0.6) is 0 Å². The number of benzene rings is 2. The van der Waals surface area contributed by atoms with Gasteiger partial charge in [-0.15, -0.1) is 0 Å². The molecule has 0 radical (unpaired) electrons. The van der Waals surface area contributed by atoms with Gasteiger partial charge in [-0.05, 0) is 68.3 Å². The summed E-state index contributed by atoms with van der Waals surface area (Å²) in [7, 11) is -8.44. The van der Waals surface area contributed by atoms with Crippen molar-refractivity contribution >= 4 is 25.5 Å². The van der Waals surface area contributed by atoms with Crippen LogP contribution in [0.2, 0.25) is 0 Å². The van der Waals surface area contributed by atoms with E-state index >= 15 is 0 Å². The van der Waals surface area contributed by atoms with Crippen LogP contribution in [-0.4, -0.2) is 39.4 Å². The molecule has 0 heterocycles. The molecular weight excluding hydrogens is 436 g/mol. The summed E-state index contributed by atoms with van der Waals surface area (Å²) in [5, 5.41) is 0. The van der Waals surface area contributed by atoms with Crippen molar-refractivity contribution in [3.05, 3.63) is 85.0 Å². The van der Waals surface area contributed by atoms with Crippen LogP contribution >= 0.6 is 0 Å². The number of rotatable bonds is 9. The van der Waals surface area contributed by atoms with Gasteiger partial charge >= 0.3 is 0 Å². The van der Waals surface area contributed by atoms with Crippen LogP contribution < -0.4 is 0 Å². The average Bonchev–Trinajstić information content (AvgIpc) is 2.77. The van der Waals surface area contributed by atoms with Gasteiger partial charge in [0, 0.05) is 6.61 Å². The van der Waals surface area contributed by atoms with E-state index in [4.69, 9.17) is 4.74 Å². The molecule has 2 aromatic rings. The minimum absolute atomic E-state index is 0.0603. The first-order valence-corrected chi connectivity index (χ1v) is 12.9. The van der Waals surface area contributed by atoms with Gasteiger partial charge in [-0.3, -0.25) is 4.79 Å². The lowest BCUT2D eigenvalue weighted by molar-refractivity contribution is -0.110. The first-order valence-electron chi connectivity index (χ1n) is 9.85. The van der Waals surface area contributed by atoms with Crippen molar-refractivity contribution in [2.75, 3.05) is 6.61 Å². The lowest BCUT2D eigenvalue weighted by Crippen LogP contribution is -2.36. The Morgan fingerprint density at radius 2 is 1.26 bits per heavy atom. The highest BCUT2D eigenvalue weighted by Crippen LogP contribution is 2.33. The van der Waals surface area contributed by atoms with E-state index in [-0.39, 0.29) is 28.4 Å². The zero-order valence-electron chi connectivity index (χ0n) is 17.0. The monoisotopic (exact) mass is 460 g/mol. The number of ketones is 1. The van der Waals surface area contributed by atoms with Crippen LogP contribution in [0.1, 0.15) is 19.8 Å². The number of allylic oxidation sites excluding steroid dienone is 2. The van der Waals surface area contributed by atoms with Gasteiger partial charge in [0.05, 0.1) is 9.79 Å². The molecule has 0 atom stereocenters. The number of hydrogen-bond acceptors (Lipinski definition) is 6. The summed E-state index contributed by atoms with van der Waals surface area (Å²) in [5.41, 5.74) is -1.04. The van der Waals surface area contributed by atoms with E-state index in [1.54, 1.807) is 55.5 Å². The average molecular weight is 461 g/mol. The summed E-state index contributed by atoms with van der Waals surface area (Å²) in [6, 6.07) is 15.1. The lowest BCUT2D eigenvalue weighted by atomic mass is 9.92. The minimum atomic E-state index is -4.22. The number of sulfone groups is 2. The summed E-state index contributed by atoms with van der Waals surface area (Å²) < 4.78 is 57.8. The summed E-state index contributed by atoms with van der Waals surface area (Å²) in [6.45, 7) is 2.09. The Bertz CT molecular complexity index is 1100. The van der Waals surface area contributed by atoms with Gasteiger partial charge in [0.2, 0.25) is 0 Å². The predicted molar refractivity (Wildman–Crippen MR) is 118 cm³/mol. The molecule has 0 aliphatic heterocycles. The molecule has 0 unspecified atom stereocenters. The number of ether oxygens (including phenoxy) is 1. The standard InChI is InChI=1S/C23H24O6S2/c1-2-29-23(16-13-19(24)14-17-23)18-15-22(30(25,26)20-9-5-3-6-10-20)31(27,28)21-11-7-4-8-12-21/h3-14,16-17,22H,2,15,18H2,1H3. The van der Waals surface area contributed by atoms with Crippen molar-refractivity contribution in [2.45, 2.75) is 39.7 Å². The minimum Gasteiger partial charge on any atom is -0.367 e. The van der Waals surface area contributed by atoms with E-state index in [0.29, 0.717) is 6.61 Å². The Morgan fingerprint density at radius 3 is 1.68 bits per heavy atom. The molecule has 1 aliphatic rings. The molecular formula is C23H24O6S2. The largest absolute Gasteiger partial charge is 0.367 e. The number of hydrogen-bond donors (Lipinski definition) is 0. The first kappa shape index (κ1) is 23.1. The van der Waals surface area contributed by atoms with Crippen molar-refractivity contribution in [3.8, 4) is 0 Å². The Kier molecular flexibility index (Phi) is 6.93. The maximum atomic E-state index is 13.4. The van der Waals surface area contributed by atoms with Gasteiger partial charge < -0.3 is 4.74 Å². The summed E-state index contributed by atoms with van der Waals surface area (Å²) in [5.74, 6) is -0.208. The second-order valence-corrected chi connectivity index (χ2v) is 11.7. The summed E-state index contributed by atoms with van der Waals surface area (Å²) >= 11 is 0. The normalized spacial score (nSPS) is 16.0. The third-order valence-corrected chi connectivity index (χ3v) is 10.3. The highest BCUT2D eigenvalue weighted by atomic mass is 32.3. The first-order chi connectivity index (χ1) is 14.7. The second-order valence-electron chi connectivity index (χ2n) is 7.14. The maximum absolute atomic E-state index is 13.4. The zero-order valence-corrected chi connectivity index (χ0v) is 18.7. The highest BCUT2D eigenvalue weighted by molar-refractivity contribution is 8.09. The van der Waals surface area contributed by atoms with Crippen molar-refractivity contribution in [1.29, 1.82) is 0 Å². The van der Waals surface area contributed by atoms with Crippen molar-refractivity contribution in [3.63, 3.8) is 0 Å². The molecule has 0 aromatic heterocycles. The molecule has 0 bridgehead atoms. The van der Waals surface area contributed by atoms with Crippen LogP contribution in [0.25, 0.3) is 0 Å². The van der Waals surface area contributed by atoms with Gasteiger partial charge in [0.15, 0.2) is 30.0 Å². The van der Waals surface area contributed by atoms with Gasteiger partial charge in [0.1, 0.15) is 5.60 Å². The molecule has 0 saturated heterocycles. The molecule has 0 N–H and O–H groups in total. The molecule has 0 fully saturated rings. The van der Waals surface area contributed by atoms with E-state index in [1.807, 2.05) is 0 Å². The molecule has 3 rings (SSSR count). The van der Waals surface area contributed by atoms with Gasteiger partial charge in [-0.1, -0.05) is 36.4 Å². The van der Waals surface area contributed by atoms with Crippen molar-refractivity contribution in [1.82, 2.24) is 0 Å². The van der Waals surface area contributed by atoms with E-state index in [0.717, 1.165) is 0 Å². The molecule has 2 aromatic carbocycles. The van der Waals surface area contributed by atoms with Gasteiger partial charge in [0.25, 0.3) is 0 Å². The van der Waals surface area contributed by atoms with Crippen LogP contribution in [0, 0.1) is 0 Å². The van der Waals surface area contributed by atoms with E-state index in [1.165, 1.54) is 36.4 Å². The molecule has 0 saturated carbocycles. The Hall–Kier alpha value is -2.55. The molecule has 1 aliphatic carbocycles. The topological polar surface area (TPSA) is 94.6 Å². The van der Waals surface area contributed by atoms with E-state index in [2.05, 4.69) is 0 Å². The van der Waals surface area contributed by atoms with E-state index in [9.17, 15) is 21.6 Å². The molecule has 31 heavy (non-hydrogen) atoms. The fourth-order valence-corrected chi connectivity index (χ4v) is 8.04. The highest BCUT2D eigenvalue weighted by Gasteiger charge is 2.41. The van der Waals surface area contributed by atoms with Crippen LogP contribution in [-0.2, 0) is 29.2 Å². The summed E-state index contributed by atoms with van der Waals surface area (Å²) in [6.07, 6.45) is 5.67. The maximum Gasteiger partial charge on any atom is 0.195 e. The molecule has 8 heteroatoms. The van der Waals surface area contributed by atoms with Crippen molar-refractivity contribution in [2.24, 2.45) is 0 Å². The predicted octanol–water partition coefficient (Wildman–Crippen LogP) is 3.51. The Labute approximate surface area is 183 Å². The second kappa shape index (κ2) is 9.30. The van der Waals surface area contributed by atoms with Gasteiger partial charge in [-0.25, -0.2) is 16.8 Å². The van der Waals surface area contributed by atoms with Gasteiger partial charge in [-0.2, -0.15) is 0 Å². The quantitative estimate of drug-likeness (QED) is 0.568. The Balaban J connectivity index is 2.04. The number of carbonyl (C=O) groups is 1. The van der Waals surface area contributed by atoms with Crippen LogP contribution in [0.15, 0.2) is 94.8 Å². The van der Waals surface area contributed by atoms with Crippen LogP contribution in [0.4, 0.5) is 0 Å². The van der Waals surface area contributed by atoms with E-state index < -0.39 is 29.9 Å². The third kappa shape index (κ3) is 5.03. The smallest absolute Gasteiger partial charge is 0.195 e. The summed E-state index contributed by atoms with van der Waals surface area (Å²) in [4.78, 5) is 11.4. The van der Waals surface area contributed by atoms with Crippen molar-refractivity contribution < 1.29 is 26.4 Å². The zero-order chi connectivity index (χ0) is 22.5. The fraction of sp³-hybridized carbons (Fsp3) is 0.261. The molecule has 6 nitrogen and oxygen atoms in total. The molecule has 164 valence electrons. The third-order valence-electron chi connectivity index (χ3n) is 5.08.